The standard InChI is InChI=1S/C15H17ClN2O2S/c1-11(13-5-3-6-14(16)9-13)18-10-12-4-2-7-15(8-12)21(17,19)20/h2-9,11,18H,10H2,1H3,(H2,17,19,20). The first-order valence-electron chi connectivity index (χ1n) is 6.47. The van der Waals surface area contributed by atoms with E-state index >= 15 is 0 Å². The van der Waals surface area contributed by atoms with Crippen LogP contribution < -0.4 is 10.5 Å². The van der Waals surface area contributed by atoms with Crippen molar-refractivity contribution >= 4 is 21.6 Å². The van der Waals surface area contributed by atoms with Gasteiger partial charge in [-0.05, 0) is 42.3 Å². The molecule has 0 spiro atoms. The highest BCUT2D eigenvalue weighted by Crippen LogP contribution is 2.18. The summed E-state index contributed by atoms with van der Waals surface area (Å²) in [5.74, 6) is 0. The average molecular weight is 325 g/mol. The Labute approximate surface area is 130 Å². The Morgan fingerprint density at radius 2 is 1.90 bits per heavy atom. The average Bonchev–Trinajstić information content (AvgIpc) is 2.44. The lowest BCUT2D eigenvalue weighted by Gasteiger charge is -2.15. The Hall–Kier alpha value is -1.40. The van der Waals surface area contributed by atoms with E-state index in [0.717, 1.165) is 11.1 Å². The van der Waals surface area contributed by atoms with E-state index in [2.05, 4.69) is 5.32 Å². The largest absolute Gasteiger partial charge is 0.306 e. The van der Waals surface area contributed by atoms with E-state index in [9.17, 15) is 8.42 Å². The molecular weight excluding hydrogens is 308 g/mol. The van der Waals surface area contributed by atoms with E-state index in [1.54, 1.807) is 12.1 Å². The molecule has 0 saturated heterocycles. The minimum absolute atomic E-state index is 0.0989. The minimum Gasteiger partial charge on any atom is -0.306 e. The van der Waals surface area contributed by atoms with Crippen molar-refractivity contribution in [2.24, 2.45) is 5.14 Å². The van der Waals surface area contributed by atoms with Gasteiger partial charge in [-0.2, -0.15) is 0 Å². The molecule has 0 heterocycles. The second-order valence-electron chi connectivity index (χ2n) is 4.85. The summed E-state index contributed by atoms with van der Waals surface area (Å²) in [6.07, 6.45) is 0. The Morgan fingerprint density at radius 3 is 2.57 bits per heavy atom. The van der Waals surface area contributed by atoms with Crippen molar-refractivity contribution in [1.82, 2.24) is 5.32 Å². The molecule has 4 nitrogen and oxygen atoms in total. The summed E-state index contributed by atoms with van der Waals surface area (Å²) in [5, 5.41) is 9.15. The summed E-state index contributed by atoms with van der Waals surface area (Å²) in [6.45, 7) is 2.56. The number of benzene rings is 2. The fourth-order valence-corrected chi connectivity index (χ4v) is 2.78. The quantitative estimate of drug-likeness (QED) is 0.888. The summed E-state index contributed by atoms with van der Waals surface area (Å²) in [6, 6.07) is 14.3. The van der Waals surface area contributed by atoms with Crippen molar-refractivity contribution in [3.8, 4) is 0 Å². The maximum absolute atomic E-state index is 11.3. The molecule has 0 aliphatic heterocycles. The van der Waals surface area contributed by atoms with E-state index in [4.69, 9.17) is 16.7 Å². The Bertz CT molecular complexity index is 732. The maximum atomic E-state index is 11.3. The lowest BCUT2D eigenvalue weighted by molar-refractivity contribution is 0.573. The van der Waals surface area contributed by atoms with Gasteiger partial charge in [-0.1, -0.05) is 35.9 Å². The number of hydrogen-bond acceptors (Lipinski definition) is 3. The molecule has 1 atom stereocenters. The molecule has 0 bridgehead atoms. The molecule has 0 fully saturated rings. The van der Waals surface area contributed by atoms with Crippen molar-refractivity contribution in [1.29, 1.82) is 0 Å². The fourth-order valence-electron chi connectivity index (χ4n) is 2.00. The van der Waals surface area contributed by atoms with Crippen LogP contribution in [0.1, 0.15) is 24.1 Å². The van der Waals surface area contributed by atoms with Gasteiger partial charge in [0.05, 0.1) is 4.90 Å². The maximum Gasteiger partial charge on any atom is 0.238 e. The molecular formula is C15H17ClN2O2S. The number of nitrogens with one attached hydrogen (secondary N) is 1. The van der Waals surface area contributed by atoms with Crippen LogP contribution in [0.5, 0.6) is 0 Å². The van der Waals surface area contributed by atoms with Gasteiger partial charge >= 0.3 is 0 Å². The number of hydrogen-bond donors (Lipinski definition) is 2. The molecule has 112 valence electrons. The van der Waals surface area contributed by atoms with Crippen LogP contribution in [0, 0.1) is 0 Å². The molecule has 0 saturated carbocycles. The smallest absolute Gasteiger partial charge is 0.238 e. The van der Waals surface area contributed by atoms with Gasteiger partial charge in [0.2, 0.25) is 10.0 Å². The Balaban J connectivity index is 2.06. The first-order chi connectivity index (χ1) is 9.86. The van der Waals surface area contributed by atoms with E-state index in [0.29, 0.717) is 11.6 Å². The van der Waals surface area contributed by atoms with E-state index in [1.165, 1.54) is 6.07 Å². The highest BCUT2D eigenvalue weighted by atomic mass is 35.5. The molecule has 0 aliphatic rings. The highest BCUT2D eigenvalue weighted by molar-refractivity contribution is 7.89. The van der Waals surface area contributed by atoms with Gasteiger partial charge in [-0.25, -0.2) is 13.6 Å². The summed E-state index contributed by atoms with van der Waals surface area (Å²) >= 11 is 5.97. The lowest BCUT2D eigenvalue weighted by atomic mass is 10.1. The summed E-state index contributed by atoms with van der Waals surface area (Å²) in [4.78, 5) is 0.122. The minimum atomic E-state index is -3.67. The lowest BCUT2D eigenvalue weighted by Crippen LogP contribution is -2.18. The van der Waals surface area contributed by atoms with Crippen LogP contribution >= 0.6 is 11.6 Å². The third-order valence-electron chi connectivity index (χ3n) is 3.19. The van der Waals surface area contributed by atoms with Crippen molar-refractivity contribution in [2.45, 2.75) is 24.4 Å². The van der Waals surface area contributed by atoms with Crippen molar-refractivity contribution < 1.29 is 8.42 Å². The first-order valence-corrected chi connectivity index (χ1v) is 8.39. The molecule has 3 N–H and O–H groups in total. The van der Waals surface area contributed by atoms with Gasteiger partial charge in [0.25, 0.3) is 0 Å². The second-order valence-corrected chi connectivity index (χ2v) is 6.85. The van der Waals surface area contributed by atoms with Gasteiger partial charge in [0.15, 0.2) is 0 Å². The normalized spacial score (nSPS) is 13.1. The van der Waals surface area contributed by atoms with Crippen LogP contribution in [0.2, 0.25) is 5.02 Å². The third kappa shape index (κ3) is 4.54. The predicted octanol–water partition coefficient (Wildman–Crippen LogP) is 2.84. The van der Waals surface area contributed by atoms with E-state index < -0.39 is 10.0 Å². The molecule has 2 rings (SSSR count). The number of primary sulfonamides is 1. The Kier molecular flexibility index (Phi) is 5.00. The first kappa shape index (κ1) is 16.0. The van der Waals surface area contributed by atoms with Crippen LogP contribution in [0.15, 0.2) is 53.4 Å². The second kappa shape index (κ2) is 6.58. The van der Waals surface area contributed by atoms with Gasteiger partial charge in [0, 0.05) is 17.6 Å². The SMILES string of the molecule is CC(NCc1cccc(S(N)(=O)=O)c1)c1cccc(Cl)c1. The number of rotatable bonds is 5. The fraction of sp³-hybridized carbons (Fsp3) is 0.200. The van der Waals surface area contributed by atoms with Crippen LogP contribution in [0.25, 0.3) is 0 Å². The Morgan fingerprint density at radius 1 is 1.19 bits per heavy atom. The topological polar surface area (TPSA) is 72.2 Å². The zero-order chi connectivity index (χ0) is 15.5. The predicted molar refractivity (Wildman–Crippen MR) is 84.5 cm³/mol. The van der Waals surface area contributed by atoms with Crippen molar-refractivity contribution in [2.75, 3.05) is 0 Å². The van der Waals surface area contributed by atoms with Gasteiger partial charge in [0.1, 0.15) is 0 Å². The molecule has 0 radical (unpaired) electrons. The van der Waals surface area contributed by atoms with E-state index in [-0.39, 0.29) is 10.9 Å². The van der Waals surface area contributed by atoms with Crippen LogP contribution in [0.4, 0.5) is 0 Å². The number of sulfonamides is 1. The van der Waals surface area contributed by atoms with Gasteiger partial charge < -0.3 is 5.32 Å². The van der Waals surface area contributed by atoms with Crippen LogP contribution in [-0.4, -0.2) is 8.42 Å². The molecule has 21 heavy (non-hydrogen) atoms. The molecule has 6 heteroatoms. The third-order valence-corrected chi connectivity index (χ3v) is 4.33. The zero-order valence-electron chi connectivity index (χ0n) is 11.6. The number of halogens is 1. The van der Waals surface area contributed by atoms with Crippen molar-refractivity contribution in [3.05, 3.63) is 64.7 Å². The monoisotopic (exact) mass is 324 g/mol. The molecule has 2 aromatic rings. The number of nitrogens with two attached hydrogens (primary N) is 1. The summed E-state index contributed by atoms with van der Waals surface area (Å²) in [7, 11) is -3.67. The van der Waals surface area contributed by atoms with Crippen molar-refractivity contribution in [3.63, 3.8) is 0 Å². The van der Waals surface area contributed by atoms with E-state index in [1.807, 2.05) is 37.3 Å². The van der Waals surface area contributed by atoms with Crippen LogP contribution in [0.3, 0.4) is 0 Å². The summed E-state index contributed by atoms with van der Waals surface area (Å²) in [5.41, 5.74) is 1.93. The summed E-state index contributed by atoms with van der Waals surface area (Å²) < 4.78 is 22.6. The molecule has 0 amide bonds. The zero-order valence-corrected chi connectivity index (χ0v) is 13.2. The molecule has 0 aliphatic carbocycles. The van der Waals surface area contributed by atoms with Gasteiger partial charge in [-0.3, -0.25) is 0 Å². The van der Waals surface area contributed by atoms with Crippen LogP contribution in [-0.2, 0) is 16.6 Å². The molecule has 0 aromatic heterocycles. The van der Waals surface area contributed by atoms with Gasteiger partial charge in [-0.15, -0.1) is 0 Å². The highest BCUT2D eigenvalue weighted by Gasteiger charge is 2.09. The molecule has 2 aromatic carbocycles. The molecule has 1 unspecified atom stereocenters.